The van der Waals surface area contributed by atoms with Crippen molar-refractivity contribution in [3.8, 4) is 0 Å². The number of nitrogens with one attached hydrogen (secondary N) is 1. The molecule has 1 aliphatic heterocycles. The number of hydrogen-bond donors (Lipinski definition) is 1. The molecule has 9 nitrogen and oxygen atoms in total. The molecule has 0 bridgehead atoms. The van der Waals surface area contributed by atoms with Crippen LogP contribution in [0.4, 0.5) is 5.69 Å². The zero-order chi connectivity index (χ0) is 20.1. The van der Waals surface area contributed by atoms with Gasteiger partial charge in [-0.2, -0.15) is 4.31 Å². The molecule has 0 radical (unpaired) electrons. The number of tetrazole rings is 1. The van der Waals surface area contributed by atoms with Gasteiger partial charge in [0.05, 0.1) is 10.9 Å². The van der Waals surface area contributed by atoms with Crippen molar-refractivity contribution in [3.63, 3.8) is 0 Å². The maximum absolute atomic E-state index is 12.7. The summed E-state index contributed by atoms with van der Waals surface area (Å²) in [6.07, 6.45) is 2.03. The smallest absolute Gasteiger partial charge is 0.243 e. The average Bonchev–Trinajstić information content (AvgIpc) is 3.34. The van der Waals surface area contributed by atoms with E-state index in [1.54, 1.807) is 22.9 Å². The molecule has 3 rings (SSSR count). The lowest BCUT2D eigenvalue weighted by Crippen LogP contribution is -2.27. The first-order valence-corrected chi connectivity index (χ1v) is 11.6. The highest BCUT2D eigenvalue weighted by Gasteiger charge is 2.27. The highest BCUT2D eigenvalue weighted by atomic mass is 32.2. The van der Waals surface area contributed by atoms with Crippen LogP contribution in [-0.4, -0.2) is 57.7 Å². The van der Waals surface area contributed by atoms with Crippen LogP contribution in [0.3, 0.4) is 0 Å². The molecular formula is C17H24N6O3S2. The molecule has 0 unspecified atom stereocenters. The molecule has 0 atom stereocenters. The molecule has 11 heteroatoms. The molecule has 1 aromatic carbocycles. The lowest BCUT2D eigenvalue weighted by Gasteiger charge is -2.16. The van der Waals surface area contributed by atoms with E-state index >= 15 is 0 Å². The van der Waals surface area contributed by atoms with Gasteiger partial charge in [-0.15, -0.1) is 5.10 Å². The maximum Gasteiger partial charge on any atom is 0.243 e. The second kappa shape index (κ2) is 9.01. The van der Waals surface area contributed by atoms with Gasteiger partial charge in [-0.05, 0) is 55.3 Å². The van der Waals surface area contributed by atoms with E-state index in [1.807, 2.05) is 13.8 Å². The Morgan fingerprint density at radius 2 is 2.04 bits per heavy atom. The predicted molar refractivity (Wildman–Crippen MR) is 107 cm³/mol. The van der Waals surface area contributed by atoms with Gasteiger partial charge in [-0.1, -0.05) is 17.8 Å². The first kappa shape index (κ1) is 20.7. The minimum absolute atomic E-state index is 0.145. The monoisotopic (exact) mass is 424 g/mol. The quantitative estimate of drug-likeness (QED) is 0.647. The lowest BCUT2D eigenvalue weighted by atomic mass is 10.3. The third-order valence-electron chi connectivity index (χ3n) is 4.33. The minimum Gasteiger partial charge on any atom is -0.326 e. The van der Waals surface area contributed by atoms with E-state index in [0.29, 0.717) is 29.7 Å². The van der Waals surface area contributed by atoms with Crippen LogP contribution in [0.15, 0.2) is 34.3 Å². The van der Waals surface area contributed by atoms with Crippen molar-refractivity contribution < 1.29 is 13.2 Å². The highest BCUT2D eigenvalue weighted by Crippen LogP contribution is 2.23. The van der Waals surface area contributed by atoms with Crippen LogP contribution in [0.5, 0.6) is 0 Å². The number of nitrogens with zero attached hydrogens (tertiary/aromatic N) is 5. The molecule has 0 aliphatic carbocycles. The standard InChI is InChI=1S/C17H24N6O3S2/c1-13(2)23-17(19-20-21-23)27-11-8-16(24)18-14-6-5-7-15(12-14)28(25,26)22-9-3-4-10-22/h5-7,12-13H,3-4,8-11H2,1-2H3,(H,18,24). The highest BCUT2D eigenvalue weighted by molar-refractivity contribution is 7.99. The summed E-state index contributed by atoms with van der Waals surface area (Å²) >= 11 is 1.41. The van der Waals surface area contributed by atoms with Crippen LogP contribution >= 0.6 is 11.8 Å². The van der Waals surface area contributed by atoms with E-state index in [1.165, 1.54) is 22.1 Å². The summed E-state index contributed by atoms with van der Waals surface area (Å²) in [6, 6.07) is 6.55. The fourth-order valence-electron chi connectivity index (χ4n) is 2.87. The van der Waals surface area contributed by atoms with Crippen molar-refractivity contribution in [2.24, 2.45) is 0 Å². The number of carbonyl (C=O) groups excluding carboxylic acids is 1. The fraction of sp³-hybridized carbons (Fsp3) is 0.529. The van der Waals surface area contributed by atoms with E-state index in [2.05, 4.69) is 20.8 Å². The van der Waals surface area contributed by atoms with Crippen LogP contribution < -0.4 is 5.32 Å². The Labute approximate surface area is 168 Å². The van der Waals surface area contributed by atoms with Gasteiger partial charge in [-0.25, -0.2) is 13.1 Å². The van der Waals surface area contributed by atoms with E-state index in [9.17, 15) is 13.2 Å². The number of sulfonamides is 1. The van der Waals surface area contributed by atoms with E-state index < -0.39 is 10.0 Å². The number of thioether (sulfide) groups is 1. The number of carbonyl (C=O) groups is 1. The van der Waals surface area contributed by atoms with Crippen LogP contribution in [0.1, 0.15) is 39.2 Å². The van der Waals surface area contributed by atoms with Crippen LogP contribution in [-0.2, 0) is 14.8 Å². The van der Waals surface area contributed by atoms with Gasteiger partial charge in [0, 0.05) is 31.0 Å². The Morgan fingerprint density at radius 3 is 2.75 bits per heavy atom. The van der Waals surface area contributed by atoms with Crippen LogP contribution in [0.2, 0.25) is 0 Å². The summed E-state index contributed by atoms with van der Waals surface area (Å²) in [7, 11) is -3.50. The molecule has 0 saturated carbocycles. The van der Waals surface area contributed by atoms with Crippen molar-refractivity contribution >= 4 is 33.4 Å². The third-order valence-corrected chi connectivity index (χ3v) is 7.16. The summed E-state index contributed by atoms with van der Waals surface area (Å²) in [5, 5.41) is 15.0. The topological polar surface area (TPSA) is 110 Å². The summed E-state index contributed by atoms with van der Waals surface area (Å²) in [6.45, 7) is 5.06. The van der Waals surface area contributed by atoms with Crippen molar-refractivity contribution in [3.05, 3.63) is 24.3 Å². The van der Waals surface area contributed by atoms with E-state index in [4.69, 9.17) is 0 Å². The Balaban J connectivity index is 1.56. The third kappa shape index (κ3) is 4.89. The number of anilines is 1. The average molecular weight is 425 g/mol. The zero-order valence-electron chi connectivity index (χ0n) is 15.9. The van der Waals surface area contributed by atoms with Gasteiger partial charge in [0.2, 0.25) is 21.1 Å². The number of aromatic nitrogens is 4. The second-order valence-corrected chi connectivity index (χ2v) is 9.79. The number of rotatable bonds is 8. The molecule has 2 heterocycles. The Hall–Kier alpha value is -1.98. The zero-order valence-corrected chi connectivity index (χ0v) is 17.5. The van der Waals surface area contributed by atoms with Gasteiger partial charge >= 0.3 is 0 Å². The van der Waals surface area contributed by atoms with Crippen molar-refractivity contribution in [1.29, 1.82) is 0 Å². The molecule has 152 valence electrons. The van der Waals surface area contributed by atoms with E-state index in [-0.39, 0.29) is 23.3 Å². The summed E-state index contributed by atoms with van der Waals surface area (Å²) in [4.78, 5) is 12.4. The van der Waals surface area contributed by atoms with Gasteiger partial charge in [0.1, 0.15) is 0 Å². The molecule has 28 heavy (non-hydrogen) atoms. The Kier molecular flexibility index (Phi) is 6.68. The first-order chi connectivity index (χ1) is 13.4. The lowest BCUT2D eigenvalue weighted by molar-refractivity contribution is -0.115. The summed E-state index contributed by atoms with van der Waals surface area (Å²) < 4.78 is 28.5. The number of benzene rings is 1. The molecule has 1 N–H and O–H groups in total. The largest absolute Gasteiger partial charge is 0.326 e. The van der Waals surface area contributed by atoms with Gasteiger partial charge in [-0.3, -0.25) is 4.79 Å². The van der Waals surface area contributed by atoms with Gasteiger partial charge < -0.3 is 5.32 Å². The normalized spacial score (nSPS) is 15.2. The van der Waals surface area contributed by atoms with Gasteiger partial charge in [0.15, 0.2) is 0 Å². The number of amides is 1. The molecule has 1 fully saturated rings. The molecule has 1 aliphatic rings. The molecular weight excluding hydrogens is 400 g/mol. The minimum atomic E-state index is -3.50. The first-order valence-electron chi connectivity index (χ1n) is 9.18. The number of hydrogen-bond acceptors (Lipinski definition) is 7. The SMILES string of the molecule is CC(C)n1nnnc1SCCC(=O)Nc1cccc(S(=O)(=O)N2CCCC2)c1. The molecule has 1 aromatic heterocycles. The molecule has 2 aromatic rings. The van der Waals surface area contributed by atoms with Crippen molar-refractivity contribution in [2.45, 2.75) is 49.2 Å². The van der Waals surface area contributed by atoms with Crippen molar-refractivity contribution in [2.75, 3.05) is 24.2 Å². The second-order valence-electron chi connectivity index (χ2n) is 6.79. The summed E-state index contributed by atoms with van der Waals surface area (Å²) in [5.74, 6) is 0.330. The maximum atomic E-state index is 12.7. The summed E-state index contributed by atoms with van der Waals surface area (Å²) in [5.41, 5.74) is 0.474. The van der Waals surface area contributed by atoms with Crippen molar-refractivity contribution in [1.82, 2.24) is 24.5 Å². The Morgan fingerprint density at radius 1 is 1.29 bits per heavy atom. The molecule has 1 saturated heterocycles. The van der Waals surface area contributed by atoms with E-state index in [0.717, 1.165) is 12.8 Å². The Bertz CT molecular complexity index is 922. The molecule has 0 spiro atoms. The predicted octanol–water partition coefficient (Wildman–Crippen LogP) is 2.16. The van der Waals surface area contributed by atoms with Gasteiger partial charge in [0.25, 0.3) is 0 Å². The van der Waals surface area contributed by atoms with Crippen LogP contribution in [0.25, 0.3) is 0 Å². The van der Waals surface area contributed by atoms with Crippen LogP contribution in [0, 0.1) is 0 Å². The fourth-order valence-corrected chi connectivity index (χ4v) is 5.38. The molecule has 1 amide bonds.